The maximum absolute atomic E-state index is 12.2. The molecule has 0 aliphatic carbocycles. The highest BCUT2D eigenvalue weighted by Crippen LogP contribution is 2.16. The largest absolute Gasteiger partial charge is 0.327 e. The van der Waals surface area contributed by atoms with Crippen molar-refractivity contribution in [2.45, 2.75) is 23.8 Å². The van der Waals surface area contributed by atoms with Crippen LogP contribution in [0.2, 0.25) is 0 Å². The minimum atomic E-state index is -3.20. The number of nitrogens with two attached hydrogens (primary N) is 1. The van der Waals surface area contributed by atoms with E-state index in [0.29, 0.717) is 11.4 Å². The molecule has 0 amide bonds. The molecule has 19 heavy (non-hydrogen) atoms. The van der Waals surface area contributed by atoms with E-state index in [1.165, 1.54) is 0 Å². The molecular formula is C13H19BrN2O2S. The number of likely N-dealkylation sites (tertiary alicyclic amines) is 1. The SMILES string of the molecule is N[C@H]1CCCN(CCS(=O)(=O)c2ccc(Br)cc2)C1. The predicted molar refractivity (Wildman–Crippen MR) is 79.8 cm³/mol. The second kappa shape index (κ2) is 6.35. The van der Waals surface area contributed by atoms with Crippen LogP contribution < -0.4 is 5.73 Å². The number of nitrogens with zero attached hydrogens (tertiary/aromatic N) is 1. The number of rotatable bonds is 4. The second-order valence-electron chi connectivity index (χ2n) is 4.98. The third-order valence-electron chi connectivity index (χ3n) is 3.39. The standard InChI is InChI=1S/C13H19BrN2O2S/c14-11-3-5-13(6-4-11)19(17,18)9-8-16-7-1-2-12(15)10-16/h3-6,12H,1-2,7-10,15H2/t12-/m0/s1. The molecule has 4 nitrogen and oxygen atoms in total. The molecule has 1 aliphatic heterocycles. The molecule has 0 aromatic heterocycles. The van der Waals surface area contributed by atoms with Gasteiger partial charge in [0.1, 0.15) is 0 Å². The fourth-order valence-electron chi connectivity index (χ4n) is 2.30. The third-order valence-corrected chi connectivity index (χ3v) is 5.63. The monoisotopic (exact) mass is 346 g/mol. The van der Waals surface area contributed by atoms with Crippen LogP contribution in [0.15, 0.2) is 33.6 Å². The Morgan fingerprint density at radius 2 is 2.00 bits per heavy atom. The minimum absolute atomic E-state index is 0.154. The van der Waals surface area contributed by atoms with E-state index in [1.807, 2.05) is 0 Å². The summed E-state index contributed by atoms with van der Waals surface area (Å²) >= 11 is 3.30. The van der Waals surface area contributed by atoms with Gasteiger partial charge in [0.05, 0.1) is 10.6 Å². The fraction of sp³-hybridized carbons (Fsp3) is 0.538. The van der Waals surface area contributed by atoms with Crippen molar-refractivity contribution in [3.05, 3.63) is 28.7 Å². The van der Waals surface area contributed by atoms with E-state index in [1.54, 1.807) is 24.3 Å². The molecule has 1 saturated heterocycles. The Morgan fingerprint density at radius 1 is 1.32 bits per heavy atom. The maximum atomic E-state index is 12.2. The van der Waals surface area contributed by atoms with Gasteiger partial charge in [-0.2, -0.15) is 0 Å². The van der Waals surface area contributed by atoms with E-state index in [4.69, 9.17) is 5.73 Å². The molecule has 0 unspecified atom stereocenters. The van der Waals surface area contributed by atoms with Crippen LogP contribution in [0.4, 0.5) is 0 Å². The molecule has 1 aromatic rings. The van der Waals surface area contributed by atoms with Gasteiger partial charge in [-0.05, 0) is 43.7 Å². The van der Waals surface area contributed by atoms with Gasteiger partial charge in [0, 0.05) is 23.6 Å². The van der Waals surface area contributed by atoms with E-state index in [0.717, 1.165) is 30.4 Å². The molecule has 2 N–H and O–H groups in total. The summed E-state index contributed by atoms with van der Waals surface area (Å²) in [6, 6.07) is 6.97. The third kappa shape index (κ3) is 4.27. The molecule has 0 saturated carbocycles. The van der Waals surface area contributed by atoms with Crippen LogP contribution in [0.5, 0.6) is 0 Å². The van der Waals surface area contributed by atoms with E-state index >= 15 is 0 Å². The van der Waals surface area contributed by atoms with Crippen molar-refractivity contribution < 1.29 is 8.42 Å². The molecule has 1 atom stereocenters. The summed E-state index contributed by atoms with van der Waals surface area (Å²) in [5, 5.41) is 0. The first-order valence-corrected chi connectivity index (χ1v) is 8.88. The number of piperidine rings is 1. The van der Waals surface area contributed by atoms with Crippen LogP contribution in [-0.2, 0) is 9.84 Å². The summed E-state index contributed by atoms with van der Waals surface area (Å²) < 4.78 is 25.3. The number of hydrogen-bond acceptors (Lipinski definition) is 4. The lowest BCUT2D eigenvalue weighted by molar-refractivity contribution is 0.220. The van der Waals surface area contributed by atoms with Gasteiger partial charge in [-0.1, -0.05) is 15.9 Å². The Kier molecular flexibility index (Phi) is 5.00. The molecule has 106 valence electrons. The molecular weight excluding hydrogens is 328 g/mol. The Bertz CT molecular complexity index is 516. The first-order chi connectivity index (χ1) is 8.97. The van der Waals surface area contributed by atoms with Crippen molar-refractivity contribution in [1.82, 2.24) is 4.90 Å². The quantitative estimate of drug-likeness (QED) is 0.900. The van der Waals surface area contributed by atoms with E-state index in [2.05, 4.69) is 20.8 Å². The minimum Gasteiger partial charge on any atom is -0.327 e. The van der Waals surface area contributed by atoms with Crippen LogP contribution in [0.1, 0.15) is 12.8 Å². The highest BCUT2D eigenvalue weighted by Gasteiger charge is 2.20. The van der Waals surface area contributed by atoms with E-state index in [9.17, 15) is 8.42 Å². The van der Waals surface area contributed by atoms with Crippen LogP contribution in [0, 0.1) is 0 Å². The topological polar surface area (TPSA) is 63.4 Å². The van der Waals surface area contributed by atoms with E-state index < -0.39 is 9.84 Å². The van der Waals surface area contributed by atoms with Gasteiger partial charge >= 0.3 is 0 Å². The van der Waals surface area contributed by atoms with Crippen LogP contribution in [0.25, 0.3) is 0 Å². The van der Waals surface area contributed by atoms with Crippen LogP contribution >= 0.6 is 15.9 Å². The van der Waals surface area contributed by atoms with Gasteiger partial charge in [-0.15, -0.1) is 0 Å². The summed E-state index contributed by atoms with van der Waals surface area (Å²) in [4.78, 5) is 2.53. The molecule has 1 fully saturated rings. The first-order valence-electron chi connectivity index (χ1n) is 6.43. The molecule has 1 aliphatic rings. The molecule has 6 heteroatoms. The number of hydrogen-bond donors (Lipinski definition) is 1. The van der Waals surface area contributed by atoms with Gasteiger partial charge in [0.15, 0.2) is 9.84 Å². The second-order valence-corrected chi connectivity index (χ2v) is 8.00. The van der Waals surface area contributed by atoms with Gasteiger partial charge in [-0.25, -0.2) is 8.42 Å². The summed E-state index contributed by atoms with van der Waals surface area (Å²) in [7, 11) is -3.20. The molecule has 2 rings (SSSR count). The van der Waals surface area contributed by atoms with Crippen LogP contribution in [-0.4, -0.2) is 44.7 Å². The normalized spacial score (nSPS) is 21.5. The average molecular weight is 347 g/mol. The zero-order chi connectivity index (χ0) is 13.9. The fourth-order valence-corrected chi connectivity index (χ4v) is 3.85. The number of halogens is 1. The zero-order valence-electron chi connectivity index (χ0n) is 10.8. The van der Waals surface area contributed by atoms with Crippen molar-refractivity contribution in [3.63, 3.8) is 0 Å². The highest BCUT2D eigenvalue weighted by molar-refractivity contribution is 9.10. The Labute approximate surface area is 123 Å². The zero-order valence-corrected chi connectivity index (χ0v) is 13.2. The van der Waals surface area contributed by atoms with Crippen molar-refractivity contribution in [1.29, 1.82) is 0 Å². The first kappa shape index (κ1) is 15.0. The van der Waals surface area contributed by atoms with Gasteiger partial charge in [0.25, 0.3) is 0 Å². The molecule has 0 radical (unpaired) electrons. The summed E-state index contributed by atoms with van der Waals surface area (Å²) in [6.45, 7) is 2.31. The smallest absolute Gasteiger partial charge is 0.179 e. The Hall–Kier alpha value is -0.430. The van der Waals surface area contributed by atoms with Crippen molar-refractivity contribution in [2.75, 3.05) is 25.4 Å². The number of sulfone groups is 1. The van der Waals surface area contributed by atoms with E-state index in [-0.39, 0.29) is 11.8 Å². The van der Waals surface area contributed by atoms with Gasteiger partial charge < -0.3 is 10.6 Å². The van der Waals surface area contributed by atoms with Crippen LogP contribution in [0.3, 0.4) is 0 Å². The number of benzene rings is 1. The summed E-state index contributed by atoms with van der Waals surface area (Å²) in [5.41, 5.74) is 5.90. The van der Waals surface area contributed by atoms with Crippen molar-refractivity contribution >= 4 is 25.8 Å². The summed E-state index contributed by atoms with van der Waals surface area (Å²) in [5.74, 6) is 0.154. The lowest BCUT2D eigenvalue weighted by Gasteiger charge is -2.30. The lowest BCUT2D eigenvalue weighted by Crippen LogP contribution is -2.44. The van der Waals surface area contributed by atoms with Gasteiger partial charge in [-0.3, -0.25) is 0 Å². The average Bonchev–Trinajstić information content (AvgIpc) is 2.37. The lowest BCUT2D eigenvalue weighted by atomic mass is 10.1. The Morgan fingerprint density at radius 3 is 2.63 bits per heavy atom. The van der Waals surface area contributed by atoms with Gasteiger partial charge in [0.2, 0.25) is 0 Å². The molecule has 0 spiro atoms. The highest BCUT2D eigenvalue weighted by atomic mass is 79.9. The molecule has 1 aromatic carbocycles. The maximum Gasteiger partial charge on any atom is 0.179 e. The molecule has 1 heterocycles. The Balaban J connectivity index is 1.96. The predicted octanol–water partition coefficient (Wildman–Crippen LogP) is 1.65. The molecule has 0 bridgehead atoms. The van der Waals surface area contributed by atoms with Crippen molar-refractivity contribution in [2.24, 2.45) is 5.73 Å². The summed E-state index contributed by atoms with van der Waals surface area (Å²) in [6.07, 6.45) is 2.09. The van der Waals surface area contributed by atoms with Crippen molar-refractivity contribution in [3.8, 4) is 0 Å².